The normalized spacial score (nSPS) is 26.0. The number of carbonyl (C=O) groups excluding carboxylic acids is 1. The van der Waals surface area contributed by atoms with Crippen molar-refractivity contribution in [2.45, 2.75) is 57.7 Å². The molecule has 0 aromatic rings. The Morgan fingerprint density at radius 3 is 2.20 bits per heavy atom. The maximum atomic E-state index is 12.0. The molecule has 20 heavy (non-hydrogen) atoms. The van der Waals surface area contributed by atoms with Gasteiger partial charge in [0, 0.05) is 31.7 Å². The molecule has 2 heterocycles. The van der Waals surface area contributed by atoms with Crippen molar-refractivity contribution in [1.29, 1.82) is 0 Å². The minimum atomic E-state index is -0.402. The Bertz CT molecular complexity index is 333. The highest BCUT2D eigenvalue weighted by Gasteiger charge is 2.29. The average Bonchev–Trinajstić information content (AvgIpc) is 2.73. The number of nitrogens with zero attached hydrogens (tertiary/aromatic N) is 2. The van der Waals surface area contributed by atoms with Gasteiger partial charge in [0.1, 0.15) is 5.60 Å². The molecule has 0 saturated carbocycles. The summed E-state index contributed by atoms with van der Waals surface area (Å²) in [6, 6.07) is 1.17. The Hall–Kier alpha value is -0.810. The van der Waals surface area contributed by atoms with E-state index in [1.807, 2.05) is 25.7 Å². The molecule has 0 aliphatic carbocycles. The van der Waals surface area contributed by atoms with E-state index in [1.165, 1.54) is 13.0 Å². The quantitative estimate of drug-likeness (QED) is 0.837. The van der Waals surface area contributed by atoms with Crippen LogP contribution in [0.1, 0.15) is 40.0 Å². The molecule has 0 bridgehead atoms. The Labute approximate surface area is 122 Å². The summed E-state index contributed by atoms with van der Waals surface area (Å²) >= 11 is 0. The summed E-state index contributed by atoms with van der Waals surface area (Å²) in [6.45, 7) is 9.67. The van der Waals surface area contributed by atoms with Crippen molar-refractivity contribution in [2.75, 3.05) is 33.2 Å². The minimum absolute atomic E-state index is 0.170. The number of hydrogen-bond donors (Lipinski definition) is 1. The van der Waals surface area contributed by atoms with Crippen LogP contribution in [0.3, 0.4) is 0 Å². The smallest absolute Gasteiger partial charge is 0.410 e. The summed E-state index contributed by atoms with van der Waals surface area (Å²) in [5.74, 6) is 0. The van der Waals surface area contributed by atoms with Gasteiger partial charge in [0.25, 0.3) is 0 Å². The third-order valence-electron chi connectivity index (χ3n) is 4.01. The summed E-state index contributed by atoms with van der Waals surface area (Å²) in [5, 5.41) is 3.74. The van der Waals surface area contributed by atoms with Gasteiger partial charge in [0.2, 0.25) is 0 Å². The molecule has 2 aliphatic rings. The first-order chi connectivity index (χ1) is 9.33. The molecular formula is C15H29N3O2. The van der Waals surface area contributed by atoms with E-state index in [2.05, 4.69) is 17.3 Å². The highest BCUT2D eigenvalue weighted by Crippen LogP contribution is 2.17. The van der Waals surface area contributed by atoms with Gasteiger partial charge in [-0.15, -0.1) is 0 Å². The number of rotatable bonds is 2. The average molecular weight is 283 g/mol. The van der Waals surface area contributed by atoms with Gasteiger partial charge in [-0.25, -0.2) is 4.79 Å². The lowest BCUT2D eigenvalue weighted by molar-refractivity contribution is 0.0196. The zero-order valence-electron chi connectivity index (χ0n) is 13.3. The van der Waals surface area contributed by atoms with Gasteiger partial charge in [-0.3, -0.25) is 0 Å². The summed E-state index contributed by atoms with van der Waals surface area (Å²) in [5.41, 5.74) is -0.402. The molecule has 2 aliphatic heterocycles. The van der Waals surface area contributed by atoms with Gasteiger partial charge in [0.15, 0.2) is 0 Å². The van der Waals surface area contributed by atoms with Crippen LogP contribution >= 0.6 is 0 Å². The maximum absolute atomic E-state index is 12.0. The van der Waals surface area contributed by atoms with E-state index in [4.69, 9.17) is 4.74 Å². The minimum Gasteiger partial charge on any atom is -0.444 e. The lowest BCUT2D eigenvalue weighted by Crippen LogP contribution is -2.49. The second-order valence-corrected chi connectivity index (χ2v) is 7.16. The topological polar surface area (TPSA) is 44.8 Å². The van der Waals surface area contributed by atoms with Crippen LogP contribution in [0.4, 0.5) is 4.79 Å². The van der Waals surface area contributed by atoms with Crippen molar-refractivity contribution in [1.82, 2.24) is 15.1 Å². The summed E-state index contributed by atoms with van der Waals surface area (Å²) in [7, 11) is 2.17. The van der Waals surface area contributed by atoms with Crippen LogP contribution in [0.2, 0.25) is 0 Å². The lowest BCUT2D eigenvalue weighted by Gasteiger charge is -2.34. The molecule has 0 aromatic carbocycles. The second kappa shape index (κ2) is 6.31. The predicted octanol–water partition coefficient (Wildman–Crippen LogP) is 1.68. The number of piperidine rings is 1. The van der Waals surface area contributed by atoms with Gasteiger partial charge < -0.3 is 19.9 Å². The number of ether oxygens (including phenoxy) is 1. The van der Waals surface area contributed by atoms with Crippen molar-refractivity contribution in [3.63, 3.8) is 0 Å². The van der Waals surface area contributed by atoms with Crippen LogP contribution in [0, 0.1) is 0 Å². The first-order valence-electron chi connectivity index (χ1n) is 7.76. The molecule has 116 valence electrons. The number of carbonyl (C=O) groups is 1. The van der Waals surface area contributed by atoms with Crippen LogP contribution in [0.25, 0.3) is 0 Å². The van der Waals surface area contributed by atoms with Crippen LogP contribution in [0.5, 0.6) is 0 Å². The van der Waals surface area contributed by atoms with Crippen LogP contribution in [0.15, 0.2) is 0 Å². The fourth-order valence-electron chi connectivity index (χ4n) is 2.96. The molecule has 5 nitrogen and oxygen atoms in total. The molecule has 1 N–H and O–H groups in total. The van der Waals surface area contributed by atoms with E-state index in [9.17, 15) is 4.79 Å². The zero-order chi connectivity index (χ0) is 14.8. The first-order valence-corrected chi connectivity index (χ1v) is 7.76. The largest absolute Gasteiger partial charge is 0.444 e. The fraction of sp³-hybridized carbons (Fsp3) is 0.933. The number of likely N-dealkylation sites (tertiary alicyclic amines) is 2. The van der Waals surface area contributed by atoms with Gasteiger partial charge in [0.05, 0.1) is 0 Å². The van der Waals surface area contributed by atoms with Gasteiger partial charge in [-0.2, -0.15) is 0 Å². The van der Waals surface area contributed by atoms with E-state index in [0.29, 0.717) is 12.1 Å². The third-order valence-corrected chi connectivity index (χ3v) is 4.01. The van der Waals surface area contributed by atoms with Crippen molar-refractivity contribution in [3.05, 3.63) is 0 Å². The highest BCUT2D eigenvalue weighted by molar-refractivity contribution is 5.68. The second-order valence-electron chi connectivity index (χ2n) is 7.16. The standard InChI is InChI=1S/C15H29N3O2/c1-15(2,3)20-14(19)18-9-6-12(7-10-18)16-13-5-8-17(4)11-13/h12-13,16H,5-11H2,1-4H3. The van der Waals surface area contributed by atoms with Gasteiger partial charge in [-0.05, 0) is 53.6 Å². The number of hydrogen-bond acceptors (Lipinski definition) is 4. The Morgan fingerprint density at radius 1 is 1.10 bits per heavy atom. The number of likely N-dealkylation sites (N-methyl/N-ethyl adjacent to an activating group) is 1. The molecular weight excluding hydrogens is 254 g/mol. The predicted molar refractivity (Wildman–Crippen MR) is 79.9 cm³/mol. The van der Waals surface area contributed by atoms with E-state index in [1.54, 1.807) is 0 Å². The molecule has 0 aromatic heterocycles. The summed E-state index contributed by atoms with van der Waals surface area (Å²) in [4.78, 5) is 16.2. The molecule has 1 atom stereocenters. The van der Waals surface area contributed by atoms with Crippen molar-refractivity contribution in [2.24, 2.45) is 0 Å². The molecule has 1 amide bonds. The maximum Gasteiger partial charge on any atom is 0.410 e. The Kier molecular flexibility index (Phi) is 4.91. The molecule has 2 saturated heterocycles. The SMILES string of the molecule is CN1CCC(NC2CCN(C(=O)OC(C)(C)C)CC2)C1. The Balaban J connectivity index is 1.71. The molecule has 5 heteroatoms. The first kappa shape index (κ1) is 15.6. The highest BCUT2D eigenvalue weighted by atomic mass is 16.6. The van der Waals surface area contributed by atoms with E-state index >= 15 is 0 Å². The van der Waals surface area contributed by atoms with Crippen LogP contribution in [-0.2, 0) is 4.74 Å². The van der Waals surface area contributed by atoms with Gasteiger partial charge in [-0.1, -0.05) is 0 Å². The fourth-order valence-corrected chi connectivity index (χ4v) is 2.96. The Morgan fingerprint density at radius 2 is 1.70 bits per heavy atom. The molecule has 1 unspecified atom stereocenters. The van der Waals surface area contributed by atoms with Crippen molar-refractivity contribution >= 4 is 6.09 Å². The van der Waals surface area contributed by atoms with Crippen LogP contribution < -0.4 is 5.32 Å². The number of nitrogens with one attached hydrogen (secondary N) is 1. The molecule has 0 spiro atoms. The molecule has 2 fully saturated rings. The summed E-state index contributed by atoms with van der Waals surface area (Å²) in [6.07, 6.45) is 3.12. The van der Waals surface area contributed by atoms with Gasteiger partial charge >= 0.3 is 6.09 Å². The van der Waals surface area contributed by atoms with Crippen LogP contribution in [-0.4, -0.2) is 66.8 Å². The van der Waals surface area contributed by atoms with E-state index < -0.39 is 5.60 Å². The lowest BCUT2D eigenvalue weighted by atomic mass is 10.0. The third kappa shape index (κ3) is 4.63. The van der Waals surface area contributed by atoms with Crippen molar-refractivity contribution < 1.29 is 9.53 Å². The molecule has 0 radical (unpaired) electrons. The van der Waals surface area contributed by atoms with Crippen molar-refractivity contribution in [3.8, 4) is 0 Å². The van der Waals surface area contributed by atoms with E-state index in [0.717, 1.165) is 32.5 Å². The summed E-state index contributed by atoms with van der Waals surface area (Å²) < 4.78 is 5.42. The van der Waals surface area contributed by atoms with E-state index in [-0.39, 0.29) is 6.09 Å². The monoisotopic (exact) mass is 283 g/mol. The zero-order valence-corrected chi connectivity index (χ0v) is 13.3. The number of amides is 1. The molecule has 2 rings (SSSR count).